The molecule has 2 heterocycles. The molecule has 0 N–H and O–H groups in total. The zero-order chi connectivity index (χ0) is 15.5. The predicted octanol–water partition coefficient (Wildman–Crippen LogP) is 4.74. The smallest absolute Gasteiger partial charge is 0.130 e. The molecule has 5 heteroatoms. The third-order valence-corrected chi connectivity index (χ3v) is 5.27. The van der Waals surface area contributed by atoms with Crippen molar-refractivity contribution in [1.29, 1.82) is 0 Å². The monoisotopic (exact) mass is 328 g/mol. The van der Waals surface area contributed by atoms with Crippen LogP contribution in [0.1, 0.15) is 18.9 Å². The minimum absolute atomic E-state index is 0.210. The van der Waals surface area contributed by atoms with E-state index in [1.807, 2.05) is 0 Å². The van der Waals surface area contributed by atoms with Crippen molar-refractivity contribution in [2.24, 2.45) is 0 Å². The van der Waals surface area contributed by atoms with Gasteiger partial charge >= 0.3 is 0 Å². The molecule has 3 nitrogen and oxygen atoms in total. The molecule has 0 bridgehead atoms. The third-order valence-electron chi connectivity index (χ3n) is 3.39. The molecular formula is C17H16N2OS2. The van der Waals surface area contributed by atoms with Gasteiger partial charge in [0.15, 0.2) is 0 Å². The van der Waals surface area contributed by atoms with Crippen LogP contribution in [0.15, 0.2) is 41.0 Å². The minimum Gasteiger partial charge on any atom is -0.300 e. The van der Waals surface area contributed by atoms with Crippen molar-refractivity contribution >= 4 is 39.1 Å². The fourth-order valence-electron chi connectivity index (χ4n) is 2.19. The zero-order valence-electron chi connectivity index (χ0n) is 12.5. The number of thiophene rings is 1. The average molecular weight is 328 g/mol. The molecule has 0 radical (unpaired) electrons. The van der Waals surface area contributed by atoms with Crippen LogP contribution in [0.4, 0.5) is 0 Å². The Morgan fingerprint density at radius 1 is 1.23 bits per heavy atom. The molecule has 0 spiro atoms. The zero-order valence-corrected chi connectivity index (χ0v) is 14.1. The lowest BCUT2D eigenvalue weighted by atomic mass is 10.1. The number of carbonyl (C=O) groups excluding carboxylic acids is 1. The summed E-state index contributed by atoms with van der Waals surface area (Å²) in [6.45, 7) is 3.71. The fraction of sp³-hybridized carbons (Fsp3) is 0.235. The highest BCUT2D eigenvalue weighted by Crippen LogP contribution is 2.37. The van der Waals surface area contributed by atoms with Crippen molar-refractivity contribution < 1.29 is 4.79 Å². The van der Waals surface area contributed by atoms with Gasteiger partial charge in [-0.2, -0.15) is 0 Å². The van der Waals surface area contributed by atoms with E-state index >= 15 is 0 Å². The maximum Gasteiger partial charge on any atom is 0.130 e. The predicted molar refractivity (Wildman–Crippen MR) is 93.6 cm³/mol. The lowest BCUT2D eigenvalue weighted by molar-refractivity contribution is -0.116. The number of benzene rings is 1. The van der Waals surface area contributed by atoms with E-state index < -0.39 is 0 Å². The molecular weight excluding hydrogens is 312 g/mol. The number of rotatable bonds is 5. The van der Waals surface area contributed by atoms with Gasteiger partial charge in [0, 0.05) is 23.1 Å². The molecule has 0 unspecified atom stereocenters. The minimum atomic E-state index is 0.210. The number of hydrogen-bond acceptors (Lipinski definition) is 5. The van der Waals surface area contributed by atoms with Crippen molar-refractivity contribution in [2.45, 2.75) is 25.3 Å². The van der Waals surface area contributed by atoms with Crippen molar-refractivity contribution in [3.8, 4) is 11.1 Å². The summed E-state index contributed by atoms with van der Waals surface area (Å²) >= 11 is 3.27. The van der Waals surface area contributed by atoms with E-state index in [9.17, 15) is 4.79 Å². The van der Waals surface area contributed by atoms with E-state index in [1.54, 1.807) is 36.3 Å². The molecule has 0 atom stereocenters. The first-order valence-electron chi connectivity index (χ1n) is 7.06. The quantitative estimate of drug-likeness (QED) is 0.501. The van der Waals surface area contributed by atoms with Crippen LogP contribution in [0.2, 0.25) is 0 Å². The highest BCUT2D eigenvalue weighted by atomic mass is 32.2. The Balaban J connectivity index is 2.00. The second-order valence-electron chi connectivity index (χ2n) is 5.17. The highest BCUT2D eigenvalue weighted by Gasteiger charge is 2.13. The van der Waals surface area contributed by atoms with Gasteiger partial charge in [-0.05, 0) is 19.4 Å². The van der Waals surface area contributed by atoms with Gasteiger partial charge in [-0.1, -0.05) is 29.8 Å². The molecule has 2 aromatic heterocycles. The Morgan fingerprint density at radius 2 is 2.00 bits per heavy atom. The molecule has 0 fully saturated rings. The van der Waals surface area contributed by atoms with E-state index in [1.165, 1.54) is 16.7 Å². The Morgan fingerprint density at radius 3 is 2.73 bits per heavy atom. The van der Waals surface area contributed by atoms with Gasteiger partial charge in [0.1, 0.15) is 22.0 Å². The van der Waals surface area contributed by atoms with E-state index in [0.717, 1.165) is 21.0 Å². The number of thioether (sulfide) groups is 1. The first kappa shape index (κ1) is 15.2. The number of fused-ring (bicyclic) bond motifs is 1. The molecule has 1 aromatic carbocycles. The van der Waals surface area contributed by atoms with Crippen LogP contribution < -0.4 is 0 Å². The van der Waals surface area contributed by atoms with Gasteiger partial charge in [-0.3, -0.25) is 4.79 Å². The SMILES string of the molecule is CC(=O)CCSc1ncnc2scc(-c3ccc(C)cc3)c12. The van der Waals surface area contributed by atoms with Crippen LogP contribution in [0.25, 0.3) is 21.3 Å². The molecule has 0 aliphatic carbocycles. The summed E-state index contributed by atoms with van der Waals surface area (Å²) in [5.41, 5.74) is 3.60. The Bertz CT molecular complexity index is 809. The second-order valence-corrected chi connectivity index (χ2v) is 7.12. The molecule has 0 saturated carbocycles. The number of aryl methyl sites for hydroxylation is 1. The van der Waals surface area contributed by atoms with Gasteiger partial charge in [0.05, 0.1) is 5.39 Å². The summed E-state index contributed by atoms with van der Waals surface area (Å²) in [7, 11) is 0. The summed E-state index contributed by atoms with van der Waals surface area (Å²) in [5, 5.41) is 4.20. The maximum absolute atomic E-state index is 11.1. The topological polar surface area (TPSA) is 42.9 Å². The molecule has 0 amide bonds. The molecule has 0 aliphatic heterocycles. The van der Waals surface area contributed by atoms with Crippen LogP contribution in [0, 0.1) is 6.92 Å². The van der Waals surface area contributed by atoms with Crippen molar-refractivity contribution in [1.82, 2.24) is 9.97 Å². The van der Waals surface area contributed by atoms with Crippen molar-refractivity contribution in [3.63, 3.8) is 0 Å². The van der Waals surface area contributed by atoms with Gasteiger partial charge in [-0.15, -0.1) is 23.1 Å². The number of aromatic nitrogens is 2. The van der Waals surface area contributed by atoms with Crippen LogP contribution in [0.5, 0.6) is 0 Å². The van der Waals surface area contributed by atoms with Crippen molar-refractivity contribution in [2.75, 3.05) is 5.75 Å². The summed E-state index contributed by atoms with van der Waals surface area (Å²) in [5.74, 6) is 0.965. The lowest BCUT2D eigenvalue weighted by Gasteiger charge is -2.05. The standard InChI is InChI=1S/C17H16N2OS2/c1-11-3-5-13(6-4-11)14-9-22-17-15(14)16(18-10-19-17)21-8-7-12(2)20/h3-6,9-10H,7-8H2,1-2H3. The second kappa shape index (κ2) is 6.58. The number of carbonyl (C=O) groups is 1. The van der Waals surface area contributed by atoms with Crippen LogP contribution in [0.3, 0.4) is 0 Å². The Hall–Kier alpha value is -1.72. The average Bonchev–Trinajstić information content (AvgIpc) is 2.93. The number of Topliss-reactive ketones (excluding diaryl/α,β-unsaturated/α-hetero) is 1. The van der Waals surface area contributed by atoms with E-state index in [4.69, 9.17) is 0 Å². The molecule has 112 valence electrons. The first-order chi connectivity index (χ1) is 10.6. The van der Waals surface area contributed by atoms with Crippen LogP contribution in [-0.2, 0) is 4.79 Å². The summed E-state index contributed by atoms with van der Waals surface area (Å²) in [6.07, 6.45) is 2.17. The van der Waals surface area contributed by atoms with E-state index in [2.05, 4.69) is 46.5 Å². The largest absolute Gasteiger partial charge is 0.300 e. The molecule has 3 aromatic rings. The molecule has 22 heavy (non-hydrogen) atoms. The maximum atomic E-state index is 11.1. The highest BCUT2D eigenvalue weighted by molar-refractivity contribution is 7.99. The number of ketones is 1. The summed E-state index contributed by atoms with van der Waals surface area (Å²) in [4.78, 5) is 20.9. The molecule has 3 rings (SSSR count). The van der Waals surface area contributed by atoms with Crippen LogP contribution in [-0.4, -0.2) is 21.5 Å². The Kier molecular flexibility index (Phi) is 4.55. The number of nitrogens with zero attached hydrogens (tertiary/aromatic N) is 2. The summed E-state index contributed by atoms with van der Waals surface area (Å²) < 4.78 is 0. The lowest BCUT2D eigenvalue weighted by Crippen LogP contribution is -1.93. The third kappa shape index (κ3) is 3.20. The normalized spacial score (nSPS) is 11.0. The van der Waals surface area contributed by atoms with Gasteiger partial charge in [0.2, 0.25) is 0 Å². The Labute approximate surface area is 137 Å². The van der Waals surface area contributed by atoms with Gasteiger partial charge in [0.25, 0.3) is 0 Å². The first-order valence-corrected chi connectivity index (χ1v) is 8.93. The van der Waals surface area contributed by atoms with E-state index in [-0.39, 0.29) is 5.78 Å². The summed E-state index contributed by atoms with van der Waals surface area (Å²) in [6, 6.07) is 8.50. The molecule has 0 aliphatic rings. The van der Waals surface area contributed by atoms with E-state index in [0.29, 0.717) is 6.42 Å². The van der Waals surface area contributed by atoms with Crippen LogP contribution >= 0.6 is 23.1 Å². The molecule has 0 saturated heterocycles. The van der Waals surface area contributed by atoms with Gasteiger partial charge < -0.3 is 0 Å². The van der Waals surface area contributed by atoms with Gasteiger partial charge in [-0.25, -0.2) is 9.97 Å². The number of hydrogen-bond donors (Lipinski definition) is 0. The van der Waals surface area contributed by atoms with Crippen molar-refractivity contribution in [3.05, 3.63) is 41.5 Å². The fourth-order valence-corrected chi connectivity index (χ4v) is 4.23.